The molecule has 0 aliphatic rings. The number of aliphatic carboxylic acids is 1. The Labute approximate surface area is 104 Å². The summed E-state index contributed by atoms with van der Waals surface area (Å²) in [5.74, 6) is -0.573. The topological polar surface area (TPSA) is 92.8 Å². The molecule has 0 aliphatic heterocycles. The van der Waals surface area contributed by atoms with E-state index in [4.69, 9.17) is 20.7 Å². The largest absolute Gasteiger partial charge is 0.491 e. The van der Waals surface area contributed by atoms with Crippen LogP contribution in [0, 0.1) is 0 Å². The van der Waals surface area contributed by atoms with Gasteiger partial charge >= 0.3 is 5.97 Å². The molecule has 0 fully saturated rings. The Morgan fingerprint density at radius 1 is 1.39 bits per heavy atom. The molecule has 4 N–H and O–H groups in total. The summed E-state index contributed by atoms with van der Waals surface area (Å²) in [6, 6.07) is 5.66. The fourth-order valence-electron chi connectivity index (χ4n) is 1.30. The first-order chi connectivity index (χ1) is 8.52. The summed E-state index contributed by atoms with van der Waals surface area (Å²) in [5.41, 5.74) is 6.16. The van der Waals surface area contributed by atoms with Crippen LogP contribution in [0.2, 0.25) is 0 Å². The highest BCUT2D eigenvalue weighted by atomic mass is 19.1. The molecule has 2 unspecified atom stereocenters. The van der Waals surface area contributed by atoms with Crippen molar-refractivity contribution < 1.29 is 24.1 Å². The van der Waals surface area contributed by atoms with Crippen LogP contribution in [0.1, 0.15) is 5.56 Å². The molecule has 1 aromatic rings. The highest BCUT2D eigenvalue weighted by molar-refractivity contribution is 5.73. The first kappa shape index (κ1) is 14.4. The maximum absolute atomic E-state index is 12.0. The van der Waals surface area contributed by atoms with Gasteiger partial charge in [0.25, 0.3) is 0 Å². The number of rotatable bonds is 7. The number of benzene rings is 1. The van der Waals surface area contributed by atoms with E-state index in [1.54, 1.807) is 24.3 Å². The van der Waals surface area contributed by atoms with Crippen molar-refractivity contribution in [1.82, 2.24) is 0 Å². The summed E-state index contributed by atoms with van der Waals surface area (Å²) in [6.07, 6.45) is -0.909. The van der Waals surface area contributed by atoms with Gasteiger partial charge in [0, 0.05) is 0 Å². The molecule has 0 radical (unpaired) electrons. The van der Waals surface area contributed by atoms with Crippen molar-refractivity contribution in [2.24, 2.45) is 5.73 Å². The smallest absolute Gasteiger partial charge is 0.320 e. The molecule has 1 aromatic carbocycles. The zero-order valence-corrected chi connectivity index (χ0v) is 9.75. The first-order valence-electron chi connectivity index (χ1n) is 5.47. The van der Waals surface area contributed by atoms with E-state index in [-0.39, 0.29) is 13.0 Å². The molecule has 100 valence electrons. The van der Waals surface area contributed by atoms with E-state index in [0.717, 1.165) is 5.56 Å². The fourth-order valence-corrected chi connectivity index (χ4v) is 1.30. The second-order valence-electron chi connectivity index (χ2n) is 3.91. The number of ether oxygens (including phenoxy) is 1. The number of carboxylic acids is 1. The number of aliphatic hydroxyl groups excluding tert-OH is 1. The SMILES string of the molecule is NC(Cc1ccc(OCC(O)CF)cc1)C(=O)O. The summed E-state index contributed by atoms with van der Waals surface area (Å²) < 4.78 is 17.1. The highest BCUT2D eigenvalue weighted by Gasteiger charge is 2.12. The number of hydrogen-bond acceptors (Lipinski definition) is 4. The average molecular weight is 257 g/mol. The molecule has 2 atom stereocenters. The lowest BCUT2D eigenvalue weighted by molar-refractivity contribution is -0.138. The molecule has 6 heteroatoms. The first-order valence-corrected chi connectivity index (χ1v) is 5.47. The van der Waals surface area contributed by atoms with E-state index in [0.29, 0.717) is 5.75 Å². The Morgan fingerprint density at radius 3 is 2.50 bits per heavy atom. The van der Waals surface area contributed by atoms with Gasteiger partial charge in [0.2, 0.25) is 0 Å². The number of hydrogen-bond donors (Lipinski definition) is 3. The Balaban J connectivity index is 2.49. The van der Waals surface area contributed by atoms with Crippen molar-refractivity contribution in [3.05, 3.63) is 29.8 Å². The average Bonchev–Trinajstić information content (AvgIpc) is 2.37. The van der Waals surface area contributed by atoms with Crippen LogP contribution in [0.4, 0.5) is 4.39 Å². The molecule has 0 spiro atoms. The van der Waals surface area contributed by atoms with Gasteiger partial charge in [-0.25, -0.2) is 4.39 Å². The van der Waals surface area contributed by atoms with Crippen molar-refractivity contribution in [3.63, 3.8) is 0 Å². The van der Waals surface area contributed by atoms with Crippen LogP contribution >= 0.6 is 0 Å². The summed E-state index contributed by atoms with van der Waals surface area (Å²) in [4.78, 5) is 10.6. The van der Waals surface area contributed by atoms with Crippen LogP contribution in [0.15, 0.2) is 24.3 Å². The summed E-state index contributed by atoms with van der Waals surface area (Å²) in [7, 11) is 0. The minimum Gasteiger partial charge on any atom is -0.491 e. The van der Waals surface area contributed by atoms with Gasteiger partial charge in [-0.2, -0.15) is 0 Å². The van der Waals surface area contributed by atoms with Gasteiger partial charge in [-0.1, -0.05) is 12.1 Å². The number of halogens is 1. The predicted octanol–water partition coefficient (Wildman–Crippen LogP) is 0.350. The van der Waals surface area contributed by atoms with E-state index in [1.807, 2.05) is 0 Å². The van der Waals surface area contributed by atoms with Crippen LogP contribution in [-0.4, -0.2) is 41.6 Å². The third-order valence-corrected chi connectivity index (χ3v) is 2.32. The minimum absolute atomic E-state index is 0.121. The van der Waals surface area contributed by atoms with Crippen molar-refractivity contribution in [3.8, 4) is 5.75 Å². The standard InChI is InChI=1S/C12H16FNO4/c13-6-9(15)7-18-10-3-1-8(2-4-10)5-11(14)12(16)17/h1-4,9,11,15H,5-7,14H2,(H,16,17). The van der Waals surface area contributed by atoms with Gasteiger partial charge in [-0.3, -0.25) is 4.79 Å². The van der Waals surface area contributed by atoms with Gasteiger partial charge < -0.3 is 20.7 Å². The minimum atomic E-state index is -1.13. The Kier molecular flexibility index (Phi) is 5.54. The molecule has 0 bridgehead atoms. The second kappa shape index (κ2) is 6.93. The quantitative estimate of drug-likeness (QED) is 0.655. The van der Waals surface area contributed by atoms with Gasteiger partial charge in [0.1, 0.15) is 31.2 Å². The molecule has 18 heavy (non-hydrogen) atoms. The van der Waals surface area contributed by atoms with Gasteiger partial charge in [-0.05, 0) is 24.1 Å². The number of aliphatic hydroxyl groups is 1. The van der Waals surface area contributed by atoms with Gasteiger partial charge in [0.15, 0.2) is 0 Å². The molecule has 0 saturated carbocycles. The van der Waals surface area contributed by atoms with Crippen molar-refractivity contribution in [1.29, 1.82) is 0 Å². The summed E-state index contributed by atoms with van der Waals surface area (Å²) >= 11 is 0. The lowest BCUT2D eigenvalue weighted by Gasteiger charge is -2.10. The highest BCUT2D eigenvalue weighted by Crippen LogP contribution is 2.13. The number of carboxylic acid groups (broad SMARTS) is 1. The molecule has 0 amide bonds. The Hall–Kier alpha value is -1.66. The van der Waals surface area contributed by atoms with Crippen LogP contribution < -0.4 is 10.5 Å². The van der Waals surface area contributed by atoms with E-state index >= 15 is 0 Å². The monoisotopic (exact) mass is 257 g/mol. The zero-order valence-electron chi connectivity index (χ0n) is 9.75. The maximum Gasteiger partial charge on any atom is 0.320 e. The van der Waals surface area contributed by atoms with E-state index < -0.39 is 24.8 Å². The second-order valence-corrected chi connectivity index (χ2v) is 3.91. The van der Waals surface area contributed by atoms with Crippen LogP contribution in [0.25, 0.3) is 0 Å². The third kappa shape index (κ3) is 4.68. The fraction of sp³-hybridized carbons (Fsp3) is 0.417. The Bertz CT molecular complexity index is 382. The van der Waals surface area contributed by atoms with Crippen molar-refractivity contribution in [2.75, 3.05) is 13.3 Å². The molecule has 1 rings (SSSR count). The number of alkyl halides is 1. The lowest BCUT2D eigenvalue weighted by atomic mass is 10.1. The molecular weight excluding hydrogens is 241 g/mol. The van der Waals surface area contributed by atoms with Crippen LogP contribution in [0.3, 0.4) is 0 Å². The zero-order chi connectivity index (χ0) is 13.5. The van der Waals surface area contributed by atoms with Gasteiger partial charge in [0.05, 0.1) is 0 Å². The molecule has 0 saturated heterocycles. The predicted molar refractivity (Wildman–Crippen MR) is 63.2 cm³/mol. The Morgan fingerprint density at radius 2 is 2.00 bits per heavy atom. The normalized spacial score (nSPS) is 13.9. The molecule has 5 nitrogen and oxygen atoms in total. The third-order valence-electron chi connectivity index (χ3n) is 2.32. The van der Waals surface area contributed by atoms with Crippen molar-refractivity contribution in [2.45, 2.75) is 18.6 Å². The number of nitrogens with two attached hydrogens (primary N) is 1. The molecular formula is C12H16FNO4. The molecule has 0 heterocycles. The van der Waals surface area contributed by atoms with Crippen LogP contribution in [0.5, 0.6) is 5.75 Å². The lowest BCUT2D eigenvalue weighted by Crippen LogP contribution is -2.32. The summed E-state index contributed by atoms with van der Waals surface area (Å²) in [6.45, 7) is -0.976. The van der Waals surface area contributed by atoms with E-state index in [2.05, 4.69) is 0 Å². The van der Waals surface area contributed by atoms with Crippen LogP contribution in [-0.2, 0) is 11.2 Å². The number of carbonyl (C=O) groups is 1. The van der Waals surface area contributed by atoms with E-state index in [1.165, 1.54) is 0 Å². The maximum atomic E-state index is 12.0. The van der Waals surface area contributed by atoms with E-state index in [9.17, 15) is 9.18 Å². The van der Waals surface area contributed by atoms with Crippen molar-refractivity contribution >= 4 is 5.97 Å². The summed E-state index contributed by atoms with van der Waals surface area (Å²) in [5, 5.41) is 17.6. The molecule has 0 aliphatic carbocycles. The van der Waals surface area contributed by atoms with Gasteiger partial charge in [-0.15, -0.1) is 0 Å². The molecule has 0 aromatic heterocycles.